The van der Waals surface area contributed by atoms with Crippen molar-refractivity contribution < 1.29 is 9.50 Å². The second-order valence-corrected chi connectivity index (χ2v) is 5.38. The average Bonchev–Trinajstić information content (AvgIpc) is 2.73. The van der Waals surface area contributed by atoms with Crippen LogP contribution in [0.2, 0.25) is 0 Å². The number of hydrogen-bond donors (Lipinski definition) is 1. The van der Waals surface area contributed by atoms with Gasteiger partial charge in [0.15, 0.2) is 0 Å². The molecule has 0 amide bonds. The molecular weight excluding hydrogens is 237 g/mol. The molecule has 4 heteroatoms. The van der Waals surface area contributed by atoms with E-state index in [2.05, 4.69) is 4.98 Å². The molecule has 90 valence electrons. The highest BCUT2D eigenvalue weighted by molar-refractivity contribution is 7.09. The van der Waals surface area contributed by atoms with Gasteiger partial charge in [0.25, 0.3) is 0 Å². The third kappa shape index (κ3) is 3.61. The minimum absolute atomic E-state index is 0.256. The van der Waals surface area contributed by atoms with Crippen LogP contribution in [0.4, 0.5) is 4.39 Å². The maximum atomic E-state index is 12.8. The summed E-state index contributed by atoms with van der Waals surface area (Å²) < 4.78 is 12.8. The molecule has 2 nitrogen and oxygen atoms in total. The smallest absolute Gasteiger partial charge is 0.123 e. The Labute approximate surface area is 104 Å². The van der Waals surface area contributed by atoms with E-state index in [1.807, 2.05) is 5.38 Å². The fourth-order valence-corrected chi connectivity index (χ4v) is 2.57. The lowest BCUT2D eigenvalue weighted by Gasteiger charge is -2.22. The van der Waals surface area contributed by atoms with Crippen molar-refractivity contribution in [2.45, 2.75) is 25.4 Å². The van der Waals surface area contributed by atoms with Crippen molar-refractivity contribution in [1.29, 1.82) is 0 Å². The van der Waals surface area contributed by atoms with Crippen molar-refractivity contribution in [1.82, 2.24) is 4.98 Å². The molecule has 1 aromatic carbocycles. The van der Waals surface area contributed by atoms with Crippen LogP contribution >= 0.6 is 11.3 Å². The molecule has 17 heavy (non-hydrogen) atoms. The van der Waals surface area contributed by atoms with Crippen LogP contribution in [0.1, 0.15) is 17.5 Å². The summed E-state index contributed by atoms with van der Waals surface area (Å²) in [5, 5.41) is 13.1. The van der Waals surface area contributed by atoms with Gasteiger partial charge in [0, 0.05) is 24.4 Å². The molecule has 0 saturated heterocycles. The van der Waals surface area contributed by atoms with E-state index in [0.29, 0.717) is 12.8 Å². The van der Waals surface area contributed by atoms with E-state index >= 15 is 0 Å². The minimum Gasteiger partial charge on any atom is -0.389 e. The van der Waals surface area contributed by atoms with E-state index in [1.54, 1.807) is 25.3 Å². The lowest BCUT2D eigenvalue weighted by molar-refractivity contribution is 0.0607. The van der Waals surface area contributed by atoms with Crippen LogP contribution in [-0.2, 0) is 12.8 Å². The molecule has 1 aromatic heterocycles. The minimum atomic E-state index is -0.852. The molecule has 0 spiro atoms. The zero-order valence-electron chi connectivity index (χ0n) is 9.56. The third-order valence-electron chi connectivity index (χ3n) is 2.51. The van der Waals surface area contributed by atoms with Crippen molar-refractivity contribution in [3.8, 4) is 0 Å². The summed E-state index contributed by atoms with van der Waals surface area (Å²) in [5.41, 5.74) is 0.0725. The van der Waals surface area contributed by atoms with Crippen molar-refractivity contribution in [3.63, 3.8) is 0 Å². The van der Waals surface area contributed by atoms with Crippen LogP contribution < -0.4 is 0 Å². The van der Waals surface area contributed by atoms with Crippen LogP contribution in [-0.4, -0.2) is 15.7 Å². The number of rotatable bonds is 4. The van der Waals surface area contributed by atoms with E-state index in [0.717, 1.165) is 10.6 Å². The summed E-state index contributed by atoms with van der Waals surface area (Å²) in [6.45, 7) is 1.78. The maximum absolute atomic E-state index is 12.8. The molecule has 1 N–H and O–H groups in total. The zero-order chi connectivity index (χ0) is 12.3. The van der Waals surface area contributed by atoms with Crippen molar-refractivity contribution in [3.05, 3.63) is 52.2 Å². The van der Waals surface area contributed by atoms with Gasteiger partial charge < -0.3 is 5.11 Å². The molecule has 0 radical (unpaired) electrons. The number of thiazole rings is 1. The first-order valence-corrected chi connectivity index (χ1v) is 6.28. The van der Waals surface area contributed by atoms with Crippen LogP contribution in [0.15, 0.2) is 35.8 Å². The van der Waals surface area contributed by atoms with E-state index in [1.165, 1.54) is 23.5 Å². The number of halogens is 1. The predicted molar refractivity (Wildman–Crippen MR) is 66.5 cm³/mol. The van der Waals surface area contributed by atoms with Gasteiger partial charge in [0.05, 0.1) is 10.6 Å². The second kappa shape index (κ2) is 4.94. The SMILES string of the molecule is CC(O)(Cc1ccc(F)cc1)Cc1nccs1. The highest BCUT2D eigenvalue weighted by Crippen LogP contribution is 2.20. The Bertz CT molecular complexity index is 465. The van der Waals surface area contributed by atoms with E-state index in [9.17, 15) is 9.50 Å². The molecule has 0 aliphatic heterocycles. The predicted octanol–water partition coefficient (Wildman–Crippen LogP) is 2.82. The third-order valence-corrected chi connectivity index (χ3v) is 3.29. The average molecular weight is 251 g/mol. The summed E-state index contributed by atoms with van der Waals surface area (Å²) in [4.78, 5) is 4.16. The summed E-state index contributed by atoms with van der Waals surface area (Å²) >= 11 is 1.53. The van der Waals surface area contributed by atoms with Gasteiger partial charge in [-0.3, -0.25) is 0 Å². The molecular formula is C13H14FNOS. The first-order valence-electron chi connectivity index (χ1n) is 5.40. The quantitative estimate of drug-likeness (QED) is 0.906. The summed E-state index contributed by atoms with van der Waals surface area (Å²) in [5.74, 6) is -0.256. The van der Waals surface area contributed by atoms with Gasteiger partial charge in [-0.1, -0.05) is 12.1 Å². The molecule has 1 unspecified atom stereocenters. The van der Waals surface area contributed by atoms with Gasteiger partial charge in [-0.25, -0.2) is 9.37 Å². The maximum Gasteiger partial charge on any atom is 0.123 e. The fourth-order valence-electron chi connectivity index (χ4n) is 1.77. The fraction of sp³-hybridized carbons (Fsp3) is 0.308. The van der Waals surface area contributed by atoms with Crippen LogP contribution in [0.5, 0.6) is 0 Å². The highest BCUT2D eigenvalue weighted by atomic mass is 32.1. The van der Waals surface area contributed by atoms with Gasteiger partial charge >= 0.3 is 0 Å². The van der Waals surface area contributed by atoms with Crippen LogP contribution in [0.3, 0.4) is 0 Å². The first kappa shape index (κ1) is 12.2. The lowest BCUT2D eigenvalue weighted by atomic mass is 9.93. The number of hydrogen-bond acceptors (Lipinski definition) is 3. The van der Waals surface area contributed by atoms with Crippen molar-refractivity contribution in [2.24, 2.45) is 0 Å². The number of aliphatic hydroxyl groups is 1. The van der Waals surface area contributed by atoms with E-state index in [-0.39, 0.29) is 5.82 Å². The molecule has 1 atom stereocenters. The van der Waals surface area contributed by atoms with E-state index < -0.39 is 5.60 Å². The summed E-state index contributed by atoms with van der Waals surface area (Å²) in [6.07, 6.45) is 2.74. The molecule has 0 aliphatic carbocycles. The Morgan fingerprint density at radius 3 is 2.59 bits per heavy atom. The monoisotopic (exact) mass is 251 g/mol. The molecule has 2 rings (SSSR count). The molecule has 0 fully saturated rings. The lowest BCUT2D eigenvalue weighted by Crippen LogP contribution is -2.30. The summed E-state index contributed by atoms with van der Waals surface area (Å²) in [7, 11) is 0. The topological polar surface area (TPSA) is 33.1 Å². The molecule has 2 aromatic rings. The normalized spacial score (nSPS) is 14.5. The number of nitrogens with zero attached hydrogens (tertiary/aromatic N) is 1. The largest absolute Gasteiger partial charge is 0.389 e. The summed E-state index contributed by atoms with van der Waals surface area (Å²) in [6, 6.07) is 6.22. The van der Waals surface area contributed by atoms with Crippen molar-refractivity contribution in [2.75, 3.05) is 0 Å². The van der Waals surface area contributed by atoms with Gasteiger partial charge in [-0.05, 0) is 24.6 Å². The van der Waals surface area contributed by atoms with Crippen LogP contribution in [0, 0.1) is 5.82 Å². The second-order valence-electron chi connectivity index (χ2n) is 4.40. The van der Waals surface area contributed by atoms with Gasteiger partial charge in [0.2, 0.25) is 0 Å². The first-order chi connectivity index (χ1) is 8.05. The Balaban J connectivity index is 2.03. The van der Waals surface area contributed by atoms with Gasteiger partial charge in [-0.2, -0.15) is 0 Å². The number of benzene rings is 1. The molecule has 0 saturated carbocycles. The highest BCUT2D eigenvalue weighted by Gasteiger charge is 2.22. The Morgan fingerprint density at radius 2 is 2.00 bits per heavy atom. The van der Waals surface area contributed by atoms with Gasteiger partial charge in [-0.15, -0.1) is 11.3 Å². The standard InChI is InChI=1S/C13H14FNOS/c1-13(16,9-12-15-6-7-17-12)8-10-2-4-11(14)5-3-10/h2-7,16H,8-9H2,1H3. The van der Waals surface area contributed by atoms with E-state index in [4.69, 9.17) is 0 Å². The van der Waals surface area contributed by atoms with Gasteiger partial charge in [0.1, 0.15) is 5.82 Å². The zero-order valence-corrected chi connectivity index (χ0v) is 10.4. The van der Waals surface area contributed by atoms with Crippen molar-refractivity contribution >= 4 is 11.3 Å². The Kier molecular flexibility index (Phi) is 3.54. The van der Waals surface area contributed by atoms with Crippen LogP contribution in [0.25, 0.3) is 0 Å². The molecule has 0 aliphatic rings. The Hall–Kier alpha value is -1.26. The number of aromatic nitrogens is 1. The molecule has 0 bridgehead atoms. The Morgan fingerprint density at radius 1 is 1.29 bits per heavy atom. The molecule has 1 heterocycles.